The number of rotatable bonds is 3. The van der Waals surface area contributed by atoms with Gasteiger partial charge in [0.05, 0.1) is 0 Å². The standard InChI is InChI=1S/C4H11N3.2Li/c1-5-4-7(3)6-2;;/h4H2,1-3H3;;/q-2;2*+1. The molecule has 0 bridgehead atoms. The predicted molar refractivity (Wildman–Crippen MR) is 31.2 cm³/mol. The number of hydrogen-bond donors (Lipinski definition) is 0. The minimum atomic E-state index is 0. The van der Waals surface area contributed by atoms with E-state index in [1.165, 1.54) is 0 Å². The van der Waals surface area contributed by atoms with E-state index in [0.29, 0.717) is 6.67 Å². The molecule has 0 saturated heterocycles. The van der Waals surface area contributed by atoms with Gasteiger partial charge in [-0.1, -0.05) is 0 Å². The van der Waals surface area contributed by atoms with Crippen LogP contribution in [0.1, 0.15) is 0 Å². The summed E-state index contributed by atoms with van der Waals surface area (Å²) in [5.41, 5.74) is 3.82. The summed E-state index contributed by atoms with van der Waals surface area (Å²) in [6.45, 7) is 0.691. The van der Waals surface area contributed by atoms with Gasteiger partial charge in [-0.05, 0) is 7.05 Å². The zero-order chi connectivity index (χ0) is 5.70. The van der Waals surface area contributed by atoms with Crippen LogP contribution in [0.3, 0.4) is 0 Å². The summed E-state index contributed by atoms with van der Waals surface area (Å²) in [6, 6.07) is 0. The summed E-state index contributed by atoms with van der Waals surface area (Å²) >= 11 is 0. The van der Waals surface area contributed by atoms with Crippen LogP contribution in [0.4, 0.5) is 0 Å². The fourth-order valence-electron chi connectivity index (χ4n) is 0.268. The van der Waals surface area contributed by atoms with Gasteiger partial charge in [0, 0.05) is 0 Å². The largest absolute Gasteiger partial charge is 1.00 e. The molecule has 0 spiro atoms. The third-order valence-electron chi connectivity index (χ3n) is 0.688. The van der Waals surface area contributed by atoms with Crippen molar-refractivity contribution in [2.45, 2.75) is 0 Å². The molecule has 3 nitrogen and oxygen atoms in total. The first-order valence-corrected chi connectivity index (χ1v) is 2.17. The number of nitrogens with zero attached hydrogens (tertiary/aromatic N) is 3. The Hall–Kier alpha value is 1.07. The van der Waals surface area contributed by atoms with Crippen LogP contribution in [0.2, 0.25) is 0 Å². The van der Waals surface area contributed by atoms with Crippen LogP contribution in [0.5, 0.6) is 0 Å². The van der Waals surface area contributed by atoms with Gasteiger partial charge in [0.1, 0.15) is 0 Å². The molecule has 0 aliphatic carbocycles. The summed E-state index contributed by atoms with van der Waals surface area (Å²) in [4.78, 5) is 0. The van der Waals surface area contributed by atoms with Crippen molar-refractivity contribution in [3.8, 4) is 0 Å². The molecule has 0 N–H and O–H groups in total. The van der Waals surface area contributed by atoms with Crippen molar-refractivity contribution in [3.05, 3.63) is 10.7 Å². The third-order valence-corrected chi connectivity index (χ3v) is 0.688. The number of hydrogen-bond acceptors (Lipinski definition) is 1. The molecular weight excluding hydrogens is 104 g/mol. The second kappa shape index (κ2) is 11.8. The van der Waals surface area contributed by atoms with E-state index < -0.39 is 0 Å². The molecule has 5 heteroatoms. The molecule has 0 heterocycles. The van der Waals surface area contributed by atoms with E-state index in [1.807, 2.05) is 7.05 Å². The maximum absolute atomic E-state index is 3.84. The van der Waals surface area contributed by atoms with Crippen LogP contribution in [-0.4, -0.2) is 32.8 Å². The molecule has 0 aromatic carbocycles. The fraction of sp³-hybridized carbons (Fsp3) is 1.00. The van der Waals surface area contributed by atoms with Crippen molar-refractivity contribution in [3.63, 3.8) is 0 Å². The topological polar surface area (TPSA) is 31.4 Å². The van der Waals surface area contributed by atoms with Crippen LogP contribution >= 0.6 is 0 Å². The molecule has 0 aliphatic rings. The molecule has 0 aliphatic heterocycles. The zero-order valence-corrected chi connectivity index (χ0v) is 7.05. The van der Waals surface area contributed by atoms with Crippen LogP contribution in [-0.2, 0) is 0 Å². The SMILES string of the molecule is C[N-]CN(C)[N-]C.[Li+].[Li+]. The van der Waals surface area contributed by atoms with Crippen LogP contribution in [0.15, 0.2) is 0 Å². The van der Waals surface area contributed by atoms with Crippen molar-refractivity contribution in [1.29, 1.82) is 0 Å². The van der Waals surface area contributed by atoms with Gasteiger partial charge in [-0.3, -0.25) is 0 Å². The van der Waals surface area contributed by atoms with E-state index in [0.717, 1.165) is 0 Å². The second-order valence-electron chi connectivity index (χ2n) is 1.32. The molecule has 44 valence electrons. The normalized spacial score (nSPS) is 8.00. The summed E-state index contributed by atoms with van der Waals surface area (Å²) in [7, 11) is 5.39. The summed E-state index contributed by atoms with van der Waals surface area (Å²) in [5, 5.41) is 5.60. The molecule has 0 amide bonds. The van der Waals surface area contributed by atoms with Crippen molar-refractivity contribution < 1.29 is 37.7 Å². The molecule has 0 aromatic rings. The maximum Gasteiger partial charge on any atom is 1.00 e. The van der Waals surface area contributed by atoms with Gasteiger partial charge in [0.15, 0.2) is 0 Å². The zero-order valence-electron chi connectivity index (χ0n) is 7.05. The van der Waals surface area contributed by atoms with Crippen LogP contribution < -0.4 is 37.7 Å². The van der Waals surface area contributed by atoms with E-state index in [1.54, 1.807) is 19.1 Å². The van der Waals surface area contributed by atoms with E-state index >= 15 is 0 Å². The Morgan fingerprint density at radius 1 is 1.22 bits per heavy atom. The molecule has 0 fully saturated rings. The van der Waals surface area contributed by atoms with Crippen molar-refractivity contribution in [2.75, 3.05) is 27.8 Å². The van der Waals surface area contributed by atoms with Gasteiger partial charge in [0.2, 0.25) is 0 Å². The molecule has 0 saturated carbocycles. The monoisotopic (exact) mass is 115 g/mol. The van der Waals surface area contributed by atoms with Crippen LogP contribution in [0.25, 0.3) is 10.7 Å². The van der Waals surface area contributed by atoms with E-state index in [2.05, 4.69) is 10.7 Å². The Morgan fingerprint density at radius 2 is 1.67 bits per heavy atom. The maximum atomic E-state index is 3.84. The first-order valence-electron chi connectivity index (χ1n) is 2.17. The van der Waals surface area contributed by atoms with Crippen molar-refractivity contribution in [2.24, 2.45) is 0 Å². The summed E-state index contributed by atoms with van der Waals surface area (Å²) in [6.07, 6.45) is 0. The Morgan fingerprint density at radius 3 is 1.78 bits per heavy atom. The molecule has 0 aromatic heterocycles. The molecule has 9 heavy (non-hydrogen) atoms. The molecule has 0 unspecified atom stereocenters. The van der Waals surface area contributed by atoms with E-state index in [-0.39, 0.29) is 37.7 Å². The average Bonchev–Trinajstić information content (AvgIpc) is 1.68. The molecule has 0 radical (unpaired) electrons. The minimum absolute atomic E-state index is 0. The average molecular weight is 115 g/mol. The molecule has 0 rings (SSSR count). The Kier molecular flexibility index (Phi) is 21.8. The van der Waals surface area contributed by atoms with Gasteiger partial charge >= 0.3 is 37.7 Å². The van der Waals surface area contributed by atoms with Gasteiger partial charge in [-0.2, -0.15) is 14.1 Å². The Labute approximate surface area is 81.3 Å². The minimum Gasteiger partial charge on any atom is -0.654 e. The smallest absolute Gasteiger partial charge is 0.654 e. The fourth-order valence-corrected chi connectivity index (χ4v) is 0.268. The quantitative estimate of drug-likeness (QED) is 0.267. The first-order chi connectivity index (χ1) is 3.31. The van der Waals surface area contributed by atoms with E-state index in [4.69, 9.17) is 0 Å². The van der Waals surface area contributed by atoms with Gasteiger partial charge in [-0.25, -0.2) is 0 Å². The van der Waals surface area contributed by atoms with Crippen molar-refractivity contribution in [1.82, 2.24) is 5.01 Å². The second-order valence-corrected chi connectivity index (χ2v) is 1.32. The third kappa shape index (κ3) is 12.3. The molecule has 0 atom stereocenters. The molecular formula is C4H11Li2N3. The van der Waals surface area contributed by atoms with E-state index in [9.17, 15) is 0 Å². The van der Waals surface area contributed by atoms with Gasteiger partial charge in [0.25, 0.3) is 0 Å². The first kappa shape index (κ1) is 16.6. The Bertz CT molecular complexity index is 44.8. The van der Waals surface area contributed by atoms with Crippen LogP contribution in [0, 0.1) is 0 Å². The van der Waals surface area contributed by atoms with Gasteiger partial charge in [-0.15, -0.1) is 6.67 Å². The summed E-state index contributed by atoms with van der Waals surface area (Å²) in [5.74, 6) is 0. The van der Waals surface area contributed by atoms with Crippen molar-refractivity contribution >= 4 is 0 Å². The predicted octanol–water partition coefficient (Wildman–Crippen LogP) is -5.19. The van der Waals surface area contributed by atoms with Gasteiger partial charge < -0.3 is 15.8 Å². The Balaban J connectivity index is -0.000000180. The summed E-state index contributed by atoms with van der Waals surface area (Å²) < 4.78 is 0.